The molecule has 2 aromatic heterocycles. The largest absolute Gasteiger partial charge is 0.493 e. The molecule has 8 nitrogen and oxygen atoms in total. The Morgan fingerprint density at radius 1 is 0.905 bits per heavy atom. The van der Waals surface area contributed by atoms with Gasteiger partial charge in [0.2, 0.25) is 5.88 Å². The quantitative estimate of drug-likeness (QED) is 0.296. The fraction of sp³-hybridized carbons (Fsp3) is 0.412. The minimum Gasteiger partial charge on any atom is -0.493 e. The number of nitrogens with zero attached hydrogens (tertiary/aromatic N) is 4. The maximum Gasteiger partial charge on any atom is 0.335 e. The summed E-state index contributed by atoms with van der Waals surface area (Å²) in [5, 5.41) is 15.9. The average Bonchev–Trinajstić information content (AvgIpc) is 3.22. The molecule has 4 aliphatic carbocycles. The zero-order valence-electron chi connectivity index (χ0n) is 24.6. The van der Waals surface area contributed by atoms with Gasteiger partial charge in [-0.05, 0) is 130 Å². The van der Waals surface area contributed by atoms with E-state index in [2.05, 4.69) is 53.2 Å². The number of hydrogen-bond donors (Lipinski definition) is 2. The molecule has 4 saturated carbocycles. The lowest BCUT2D eigenvalue weighted by Gasteiger charge is -2.57. The second kappa shape index (κ2) is 9.68. The van der Waals surface area contributed by atoms with Crippen molar-refractivity contribution in [3.63, 3.8) is 0 Å². The molecule has 4 bridgehead atoms. The van der Waals surface area contributed by atoms with Crippen LogP contribution in [-0.2, 0) is 5.41 Å². The van der Waals surface area contributed by atoms with E-state index in [-0.39, 0.29) is 11.0 Å². The van der Waals surface area contributed by atoms with E-state index in [1.807, 2.05) is 36.7 Å². The number of nitrogens with one attached hydrogen (secondary N) is 1. The molecule has 2 N–H and O–H groups in total. The van der Waals surface area contributed by atoms with Gasteiger partial charge in [0.05, 0.1) is 22.8 Å². The molecule has 8 rings (SSSR count). The fourth-order valence-electron chi connectivity index (χ4n) is 8.38. The normalized spacial score (nSPS) is 24.6. The number of rotatable bonds is 5. The van der Waals surface area contributed by atoms with Crippen LogP contribution in [0.15, 0.2) is 57.0 Å². The van der Waals surface area contributed by atoms with E-state index in [0.29, 0.717) is 17.1 Å². The Labute approximate surface area is 244 Å². The summed E-state index contributed by atoms with van der Waals surface area (Å²) < 4.78 is 2.97. The van der Waals surface area contributed by atoms with Crippen LogP contribution < -0.4 is 11.2 Å². The van der Waals surface area contributed by atoms with Crippen molar-refractivity contribution in [1.29, 1.82) is 0 Å². The van der Waals surface area contributed by atoms with E-state index in [9.17, 15) is 14.7 Å². The maximum absolute atomic E-state index is 12.9. The van der Waals surface area contributed by atoms with E-state index in [1.165, 1.54) is 55.9 Å². The van der Waals surface area contributed by atoms with Crippen LogP contribution in [0, 0.1) is 45.4 Å². The molecule has 0 radical (unpaired) electrons. The van der Waals surface area contributed by atoms with Crippen LogP contribution in [0.2, 0.25) is 0 Å². The van der Waals surface area contributed by atoms with E-state index < -0.39 is 17.1 Å². The molecule has 216 valence electrons. The first-order valence-corrected chi connectivity index (χ1v) is 15.0. The highest BCUT2D eigenvalue weighted by atomic mass is 16.3. The monoisotopic (exact) mass is 563 g/mol. The van der Waals surface area contributed by atoms with Crippen LogP contribution in [0.3, 0.4) is 0 Å². The third-order valence-corrected chi connectivity index (χ3v) is 10.2. The smallest absolute Gasteiger partial charge is 0.335 e. The predicted octanol–water partition coefficient (Wildman–Crippen LogP) is 5.87. The number of aromatic hydroxyl groups is 1. The Morgan fingerprint density at radius 3 is 2.14 bits per heavy atom. The number of aliphatic imine (C=N–C) groups is 1. The molecule has 0 unspecified atom stereocenters. The van der Waals surface area contributed by atoms with Gasteiger partial charge in [0.25, 0.3) is 5.56 Å². The van der Waals surface area contributed by atoms with Crippen molar-refractivity contribution < 1.29 is 5.11 Å². The molecule has 2 aromatic carbocycles. The van der Waals surface area contributed by atoms with Crippen molar-refractivity contribution in [1.82, 2.24) is 19.3 Å². The Hall–Kier alpha value is -4.20. The van der Waals surface area contributed by atoms with Crippen molar-refractivity contribution >= 4 is 11.9 Å². The van der Waals surface area contributed by atoms with E-state index in [1.54, 1.807) is 0 Å². The highest BCUT2D eigenvalue weighted by molar-refractivity contribution is 5.84. The summed E-state index contributed by atoms with van der Waals surface area (Å²) in [4.78, 5) is 32.6. The van der Waals surface area contributed by atoms with Crippen LogP contribution >= 0.6 is 0 Å². The molecule has 0 atom stereocenters. The van der Waals surface area contributed by atoms with Crippen molar-refractivity contribution in [2.24, 2.45) is 22.7 Å². The lowest BCUT2D eigenvalue weighted by Crippen LogP contribution is -2.48. The van der Waals surface area contributed by atoms with Crippen LogP contribution in [0.5, 0.6) is 5.88 Å². The van der Waals surface area contributed by atoms with E-state index in [4.69, 9.17) is 0 Å². The zero-order valence-corrected chi connectivity index (χ0v) is 24.6. The topological polar surface area (TPSA) is 105 Å². The zero-order chi connectivity index (χ0) is 29.3. The third-order valence-electron chi connectivity index (χ3n) is 10.2. The molecule has 42 heavy (non-hydrogen) atoms. The van der Waals surface area contributed by atoms with Gasteiger partial charge in [0.15, 0.2) is 0 Å². The first-order valence-electron chi connectivity index (χ1n) is 15.0. The van der Waals surface area contributed by atoms with Gasteiger partial charge in [-0.3, -0.25) is 14.8 Å². The van der Waals surface area contributed by atoms with E-state index in [0.717, 1.165) is 39.3 Å². The van der Waals surface area contributed by atoms with Gasteiger partial charge >= 0.3 is 5.69 Å². The van der Waals surface area contributed by atoms with Gasteiger partial charge in [-0.1, -0.05) is 18.2 Å². The number of aromatic amines is 1. The molecular weight excluding hydrogens is 526 g/mol. The van der Waals surface area contributed by atoms with Gasteiger partial charge in [0, 0.05) is 6.21 Å². The summed E-state index contributed by atoms with van der Waals surface area (Å²) in [5.74, 6) is 2.07. The SMILES string of the molecule is Cc1ccc(-n2nc(C)c(N=Cc3c(O)n(-c4ccc(C56CC7CC(CC(C7)C5)C6)cc4)c(=O)[nH]c3=O)c2C)cc1C. The molecule has 4 aliphatic rings. The standard InChI is InChI=1S/C34H37N5O3/c1-19-5-8-28(11-20(19)2)39-22(4)30(21(3)37-39)35-18-29-31(40)36-33(42)38(32(29)41)27-9-6-26(7-10-27)34-15-23-12-24(16-34)14-25(13-23)17-34/h5-11,18,23-25,41H,12-17H2,1-4H3,(H,36,40,42). The van der Waals surface area contributed by atoms with Crippen LogP contribution in [0.1, 0.15) is 72.2 Å². The number of benzene rings is 2. The lowest BCUT2D eigenvalue weighted by atomic mass is 9.48. The van der Waals surface area contributed by atoms with Crippen molar-refractivity contribution in [2.45, 2.75) is 71.6 Å². The van der Waals surface area contributed by atoms with E-state index >= 15 is 0 Å². The van der Waals surface area contributed by atoms with Gasteiger partial charge in [-0.15, -0.1) is 0 Å². The summed E-state index contributed by atoms with van der Waals surface area (Å²) in [5.41, 5.74) is 5.98. The lowest BCUT2D eigenvalue weighted by molar-refractivity contribution is -0.00518. The molecule has 4 aromatic rings. The molecule has 2 heterocycles. The number of aromatic nitrogens is 4. The Morgan fingerprint density at radius 2 is 1.52 bits per heavy atom. The van der Waals surface area contributed by atoms with Crippen molar-refractivity contribution in [3.8, 4) is 17.3 Å². The number of aryl methyl sites for hydroxylation is 3. The second-order valence-corrected chi connectivity index (χ2v) is 13.0. The number of hydrogen-bond acceptors (Lipinski definition) is 5. The molecule has 8 heteroatoms. The van der Waals surface area contributed by atoms with Crippen LogP contribution in [0.4, 0.5) is 5.69 Å². The Kier molecular flexibility index (Phi) is 6.15. The summed E-state index contributed by atoms with van der Waals surface area (Å²) >= 11 is 0. The highest BCUT2D eigenvalue weighted by Crippen LogP contribution is 2.60. The minimum absolute atomic E-state index is 0.0857. The van der Waals surface area contributed by atoms with Crippen molar-refractivity contribution in [2.75, 3.05) is 0 Å². The van der Waals surface area contributed by atoms with Gasteiger partial charge in [-0.2, -0.15) is 5.10 Å². The summed E-state index contributed by atoms with van der Waals surface area (Å²) in [6.07, 6.45) is 9.22. The second-order valence-electron chi connectivity index (χ2n) is 13.0. The van der Waals surface area contributed by atoms with Crippen molar-refractivity contribution in [3.05, 3.63) is 96.9 Å². The van der Waals surface area contributed by atoms with Gasteiger partial charge in [0.1, 0.15) is 11.3 Å². The van der Waals surface area contributed by atoms with Crippen LogP contribution in [-0.4, -0.2) is 30.7 Å². The summed E-state index contributed by atoms with van der Waals surface area (Å²) in [7, 11) is 0. The van der Waals surface area contributed by atoms with Crippen LogP contribution in [0.25, 0.3) is 11.4 Å². The third kappa shape index (κ3) is 4.27. The highest BCUT2D eigenvalue weighted by Gasteiger charge is 2.51. The first-order chi connectivity index (χ1) is 20.1. The molecule has 0 amide bonds. The molecule has 0 spiro atoms. The Bertz CT molecular complexity index is 1820. The molecule has 4 fully saturated rings. The summed E-state index contributed by atoms with van der Waals surface area (Å²) in [6.45, 7) is 7.90. The first kappa shape index (κ1) is 26.7. The van der Waals surface area contributed by atoms with Gasteiger partial charge in [-0.25, -0.2) is 14.0 Å². The fourth-order valence-corrected chi connectivity index (χ4v) is 8.38. The molecular formula is C34H37N5O3. The maximum atomic E-state index is 12.9. The summed E-state index contributed by atoms with van der Waals surface area (Å²) in [6, 6.07) is 14.1. The minimum atomic E-state index is -0.695. The van der Waals surface area contributed by atoms with Gasteiger partial charge < -0.3 is 5.11 Å². The average molecular weight is 564 g/mol. The Balaban J connectivity index is 1.21. The number of H-pyrrole nitrogens is 1. The molecule has 0 aliphatic heterocycles. The predicted molar refractivity (Wildman–Crippen MR) is 164 cm³/mol. The molecule has 0 saturated heterocycles.